The second-order valence-electron chi connectivity index (χ2n) is 9.06. The highest BCUT2D eigenvalue weighted by atomic mass is 19.2. The number of halogens is 3. The summed E-state index contributed by atoms with van der Waals surface area (Å²) in [5, 5.41) is 0. The van der Waals surface area contributed by atoms with Gasteiger partial charge in [0.05, 0.1) is 5.56 Å². The van der Waals surface area contributed by atoms with Gasteiger partial charge < -0.3 is 4.74 Å². The van der Waals surface area contributed by atoms with Crippen LogP contribution in [-0.4, -0.2) is 5.97 Å². The van der Waals surface area contributed by atoms with E-state index in [1.807, 2.05) is 19.1 Å². The highest BCUT2D eigenvalue weighted by Gasteiger charge is 2.17. The van der Waals surface area contributed by atoms with Crippen LogP contribution < -0.4 is 4.74 Å². The van der Waals surface area contributed by atoms with Gasteiger partial charge in [-0.05, 0) is 65.8 Å². The quantitative estimate of drug-likeness (QED) is 0.169. The molecule has 0 fully saturated rings. The number of hydrogen-bond donors (Lipinski definition) is 0. The normalized spacial score (nSPS) is 10.9. The average Bonchev–Trinajstić information content (AvgIpc) is 2.91. The van der Waals surface area contributed by atoms with E-state index in [1.54, 1.807) is 42.5 Å². The van der Waals surface area contributed by atoms with Crippen LogP contribution in [0.2, 0.25) is 0 Å². The zero-order valence-corrected chi connectivity index (χ0v) is 21.0. The molecular formula is C32H29F3O2. The Morgan fingerprint density at radius 1 is 0.703 bits per heavy atom. The van der Waals surface area contributed by atoms with Crippen molar-refractivity contribution in [3.8, 4) is 28.0 Å². The van der Waals surface area contributed by atoms with Gasteiger partial charge in [-0.3, -0.25) is 0 Å². The molecule has 0 aliphatic rings. The maximum atomic E-state index is 15.0. The highest BCUT2D eigenvalue weighted by Crippen LogP contribution is 2.32. The Bertz CT molecular complexity index is 1380. The molecular weight excluding hydrogens is 473 g/mol. The molecule has 4 rings (SSSR count). The molecule has 0 aromatic heterocycles. The Labute approximate surface area is 215 Å². The summed E-state index contributed by atoms with van der Waals surface area (Å²) in [7, 11) is 0. The van der Waals surface area contributed by atoms with Gasteiger partial charge in [-0.25, -0.2) is 18.0 Å². The second kappa shape index (κ2) is 11.9. The monoisotopic (exact) mass is 502 g/mol. The minimum Gasteiger partial charge on any atom is -0.423 e. The number of unbranched alkanes of at least 4 members (excludes halogenated alkanes) is 1. The summed E-state index contributed by atoms with van der Waals surface area (Å²) in [5.41, 5.74) is 3.17. The lowest BCUT2D eigenvalue weighted by Gasteiger charge is -2.11. The smallest absolute Gasteiger partial charge is 0.343 e. The summed E-state index contributed by atoms with van der Waals surface area (Å²) in [6, 6.07) is 21.0. The van der Waals surface area contributed by atoms with Crippen LogP contribution in [0.1, 0.15) is 54.6 Å². The first-order valence-electron chi connectivity index (χ1n) is 12.6. The predicted molar refractivity (Wildman–Crippen MR) is 141 cm³/mol. The van der Waals surface area contributed by atoms with Gasteiger partial charge in [0, 0.05) is 11.1 Å². The van der Waals surface area contributed by atoms with E-state index in [2.05, 4.69) is 6.92 Å². The zero-order valence-electron chi connectivity index (χ0n) is 21.0. The molecule has 0 amide bonds. The van der Waals surface area contributed by atoms with E-state index >= 15 is 4.39 Å². The second-order valence-corrected chi connectivity index (χ2v) is 9.06. The number of carbonyl (C=O) groups excluding carboxylic acids is 1. The molecule has 2 nitrogen and oxygen atoms in total. The van der Waals surface area contributed by atoms with Gasteiger partial charge >= 0.3 is 5.97 Å². The molecule has 190 valence electrons. The predicted octanol–water partition coefficient (Wildman–Crippen LogP) is 8.95. The van der Waals surface area contributed by atoms with Crippen molar-refractivity contribution in [3.63, 3.8) is 0 Å². The minimum absolute atomic E-state index is 0.103. The van der Waals surface area contributed by atoms with E-state index in [9.17, 15) is 13.6 Å². The van der Waals surface area contributed by atoms with E-state index in [-0.39, 0.29) is 22.4 Å². The first kappa shape index (κ1) is 26.2. The molecule has 0 spiro atoms. The molecule has 37 heavy (non-hydrogen) atoms. The molecule has 0 aliphatic heterocycles. The molecule has 4 aromatic carbocycles. The Kier molecular flexibility index (Phi) is 8.44. The first-order chi connectivity index (χ1) is 17.9. The first-order valence-corrected chi connectivity index (χ1v) is 12.6. The lowest BCUT2D eigenvalue weighted by atomic mass is 9.97. The van der Waals surface area contributed by atoms with Crippen LogP contribution in [-0.2, 0) is 12.8 Å². The molecule has 0 aliphatic carbocycles. The van der Waals surface area contributed by atoms with Gasteiger partial charge in [0.15, 0.2) is 11.6 Å². The highest BCUT2D eigenvalue weighted by molar-refractivity contribution is 5.91. The summed E-state index contributed by atoms with van der Waals surface area (Å²) < 4.78 is 49.6. The number of esters is 1. The Balaban J connectivity index is 1.48. The van der Waals surface area contributed by atoms with E-state index in [1.165, 1.54) is 24.3 Å². The largest absolute Gasteiger partial charge is 0.423 e. The Morgan fingerprint density at radius 2 is 1.30 bits per heavy atom. The van der Waals surface area contributed by atoms with Crippen molar-refractivity contribution in [1.29, 1.82) is 0 Å². The van der Waals surface area contributed by atoms with Crippen LogP contribution in [0.4, 0.5) is 13.2 Å². The molecule has 0 unspecified atom stereocenters. The third kappa shape index (κ3) is 6.11. The van der Waals surface area contributed by atoms with Crippen LogP contribution in [0.25, 0.3) is 22.3 Å². The summed E-state index contributed by atoms with van der Waals surface area (Å²) in [5.74, 6) is -2.77. The number of benzene rings is 4. The molecule has 0 atom stereocenters. The molecule has 0 saturated heterocycles. The molecule has 4 aromatic rings. The fourth-order valence-corrected chi connectivity index (χ4v) is 4.25. The van der Waals surface area contributed by atoms with Crippen LogP contribution in [0, 0.1) is 17.5 Å². The number of hydrogen-bond acceptors (Lipinski definition) is 2. The van der Waals surface area contributed by atoms with Gasteiger partial charge in [0.1, 0.15) is 11.6 Å². The van der Waals surface area contributed by atoms with Gasteiger partial charge in [0.2, 0.25) is 0 Å². The van der Waals surface area contributed by atoms with Crippen LogP contribution >= 0.6 is 0 Å². The molecule has 0 bridgehead atoms. The van der Waals surface area contributed by atoms with Crippen LogP contribution in [0.3, 0.4) is 0 Å². The molecule has 0 radical (unpaired) electrons. The molecule has 5 heteroatoms. The maximum absolute atomic E-state index is 15.0. The number of ether oxygens (including phenoxy) is 1. The SMILES string of the molecule is CCCCc1ccc(C(=O)Oc2ccc(-c3ccc(-c4ccc(CCC)cc4)c(F)c3F)cc2)cc1F. The summed E-state index contributed by atoms with van der Waals surface area (Å²) in [4.78, 5) is 12.5. The number of aryl methyl sites for hydroxylation is 2. The maximum Gasteiger partial charge on any atom is 0.343 e. The Hall–Kier alpha value is -3.86. The lowest BCUT2D eigenvalue weighted by Crippen LogP contribution is -2.09. The Morgan fingerprint density at radius 3 is 1.84 bits per heavy atom. The van der Waals surface area contributed by atoms with E-state index in [0.717, 1.165) is 31.2 Å². The van der Waals surface area contributed by atoms with Crippen LogP contribution in [0.5, 0.6) is 5.75 Å². The number of rotatable bonds is 9. The van der Waals surface area contributed by atoms with E-state index in [4.69, 9.17) is 4.74 Å². The lowest BCUT2D eigenvalue weighted by molar-refractivity contribution is 0.0734. The molecule has 0 N–H and O–H groups in total. The van der Waals surface area contributed by atoms with Gasteiger partial charge in [-0.1, -0.05) is 81.3 Å². The van der Waals surface area contributed by atoms with Gasteiger partial charge in [-0.15, -0.1) is 0 Å². The fourth-order valence-electron chi connectivity index (χ4n) is 4.25. The topological polar surface area (TPSA) is 26.3 Å². The average molecular weight is 503 g/mol. The third-order valence-corrected chi connectivity index (χ3v) is 6.35. The van der Waals surface area contributed by atoms with Crippen LogP contribution in [0.15, 0.2) is 78.9 Å². The number of carbonyl (C=O) groups is 1. The summed E-state index contributed by atoms with van der Waals surface area (Å²) >= 11 is 0. The standard InChI is InChI=1S/C32H29F3O2/c1-3-5-7-24-12-13-25(20-29(24)33)32(36)37-26-16-14-23(15-17-26)28-19-18-27(30(34)31(28)35)22-10-8-21(6-4-2)9-11-22/h8-20H,3-7H2,1-2H3. The van der Waals surface area contributed by atoms with Gasteiger partial charge in [-0.2, -0.15) is 0 Å². The van der Waals surface area contributed by atoms with Crippen molar-refractivity contribution in [2.45, 2.75) is 46.0 Å². The third-order valence-electron chi connectivity index (χ3n) is 6.35. The minimum atomic E-state index is -0.946. The van der Waals surface area contributed by atoms with Gasteiger partial charge in [0.25, 0.3) is 0 Å². The van der Waals surface area contributed by atoms with Crippen molar-refractivity contribution in [1.82, 2.24) is 0 Å². The molecule has 0 saturated carbocycles. The fraction of sp³-hybridized carbons (Fsp3) is 0.219. The summed E-state index contributed by atoms with van der Waals surface area (Å²) in [6.07, 6.45) is 4.38. The van der Waals surface area contributed by atoms with Crippen molar-refractivity contribution in [3.05, 3.63) is 113 Å². The van der Waals surface area contributed by atoms with Crippen molar-refractivity contribution in [2.24, 2.45) is 0 Å². The van der Waals surface area contributed by atoms with E-state index < -0.39 is 23.4 Å². The zero-order chi connectivity index (χ0) is 26.4. The van der Waals surface area contributed by atoms with Crippen molar-refractivity contribution in [2.75, 3.05) is 0 Å². The van der Waals surface area contributed by atoms with Crippen molar-refractivity contribution < 1.29 is 22.7 Å². The summed E-state index contributed by atoms with van der Waals surface area (Å²) in [6.45, 7) is 4.12. The molecule has 0 heterocycles. The van der Waals surface area contributed by atoms with E-state index in [0.29, 0.717) is 23.1 Å². The van der Waals surface area contributed by atoms with Crippen molar-refractivity contribution >= 4 is 5.97 Å².